The van der Waals surface area contributed by atoms with Crippen LogP contribution in [0.1, 0.15) is 11.4 Å². The fraction of sp³-hybridized carbons (Fsp3) is 0.167. The number of nitrogens with zero attached hydrogens (tertiary/aromatic N) is 2. The van der Waals surface area contributed by atoms with Crippen LogP contribution in [0.2, 0.25) is 5.15 Å². The molecular formula is C12H12ClN3O. The third-order valence-corrected chi connectivity index (χ3v) is 2.60. The lowest BCUT2D eigenvalue weighted by Crippen LogP contribution is -2.03. The third kappa shape index (κ3) is 2.85. The molecule has 0 fully saturated rings. The van der Waals surface area contributed by atoms with Crippen LogP contribution in [-0.4, -0.2) is 15.1 Å². The zero-order chi connectivity index (χ0) is 12.3. The number of hydrogen-bond acceptors (Lipinski definition) is 4. The minimum absolute atomic E-state index is 0.170. The van der Waals surface area contributed by atoms with Crippen molar-refractivity contribution in [3.05, 3.63) is 47.0 Å². The summed E-state index contributed by atoms with van der Waals surface area (Å²) in [6.07, 6.45) is 1.62. The molecule has 5 heteroatoms. The summed E-state index contributed by atoms with van der Waals surface area (Å²) in [5.74, 6) is 0.170. The van der Waals surface area contributed by atoms with E-state index in [4.69, 9.17) is 11.6 Å². The maximum absolute atomic E-state index is 9.63. The summed E-state index contributed by atoms with van der Waals surface area (Å²) in [7, 11) is 0. The van der Waals surface area contributed by atoms with Crippen LogP contribution in [0.4, 0.5) is 5.69 Å². The van der Waals surface area contributed by atoms with Crippen molar-refractivity contribution in [2.24, 2.45) is 0 Å². The molecule has 0 aliphatic carbocycles. The van der Waals surface area contributed by atoms with Gasteiger partial charge < -0.3 is 10.4 Å². The quantitative estimate of drug-likeness (QED) is 0.822. The van der Waals surface area contributed by atoms with E-state index in [0.29, 0.717) is 17.4 Å². The maximum atomic E-state index is 9.63. The van der Waals surface area contributed by atoms with Crippen molar-refractivity contribution in [3.8, 4) is 5.75 Å². The topological polar surface area (TPSA) is 58.0 Å². The fourth-order valence-corrected chi connectivity index (χ4v) is 1.62. The highest BCUT2D eigenvalue weighted by Crippen LogP contribution is 2.20. The van der Waals surface area contributed by atoms with E-state index < -0.39 is 0 Å². The number of rotatable bonds is 3. The van der Waals surface area contributed by atoms with E-state index in [1.807, 2.05) is 13.0 Å². The standard InChI is InChI=1S/C12H12ClN3O/c1-8-4-5-11(17)10(16-8)7-15-9-3-2-6-14-12(9)13/h2-6,15,17H,7H2,1H3. The van der Waals surface area contributed by atoms with Gasteiger partial charge in [0.1, 0.15) is 11.4 Å². The lowest BCUT2D eigenvalue weighted by Gasteiger charge is -2.08. The summed E-state index contributed by atoms with van der Waals surface area (Å²) in [6, 6.07) is 7.00. The number of anilines is 1. The highest BCUT2D eigenvalue weighted by Gasteiger charge is 2.04. The summed E-state index contributed by atoms with van der Waals surface area (Å²) in [4.78, 5) is 8.19. The van der Waals surface area contributed by atoms with E-state index in [1.165, 1.54) is 0 Å². The zero-order valence-corrected chi connectivity index (χ0v) is 10.1. The lowest BCUT2D eigenvalue weighted by atomic mass is 10.3. The van der Waals surface area contributed by atoms with Gasteiger partial charge in [-0.15, -0.1) is 0 Å². The zero-order valence-electron chi connectivity index (χ0n) is 9.31. The van der Waals surface area contributed by atoms with Crippen molar-refractivity contribution < 1.29 is 5.11 Å². The molecule has 0 radical (unpaired) electrons. The highest BCUT2D eigenvalue weighted by molar-refractivity contribution is 6.31. The number of hydrogen-bond donors (Lipinski definition) is 2. The molecule has 4 nitrogen and oxygen atoms in total. The Labute approximate surface area is 104 Å². The molecule has 0 spiro atoms. The number of aromatic nitrogens is 2. The van der Waals surface area contributed by atoms with Crippen LogP contribution in [0.15, 0.2) is 30.5 Å². The Bertz CT molecular complexity index is 531. The second-order valence-corrected chi connectivity index (χ2v) is 3.97. The van der Waals surface area contributed by atoms with Crippen LogP contribution in [0, 0.1) is 6.92 Å². The molecule has 0 saturated heterocycles. The molecule has 2 N–H and O–H groups in total. The molecule has 0 aliphatic heterocycles. The van der Waals surface area contributed by atoms with Gasteiger partial charge in [0.2, 0.25) is 0 Å². The maximum Gasteiger partial charge on any atom is 0.152 e. The average molecular weight is 250 g/mol. The minimum Gasteiger partial charge on any atom is -0.506 e. The monoisotopic (exact) mass is 249 g/mol. The van der Waals surface area contributed by atoms with E-state index >= 15 is 0 Å². The number of nitrogens with one attached hydrogen (secondary N) is 1. The molecule has 17 heavy (non-hydrogen) atoms. The molecule has 2 aromatic rings. The van der Waals surface area contributed by atoms with Gasteiger partial charge in [0.25, 0.3) is 0 Å². The number of halogens is 1. The van der Waals surface area contributed by atoms with E-state index in [2.05, 4.69) is 15.3 Å². The molecule has 2 aromatic heterocycles. The van der Waals surface area contributed by atoms with Crippen LogP contribution in [0.3, 0.4) is 0 Å². The molecule has 0 aliphatic rings. The SMILES string of the molecule is Cc1ccc(O)c(CNc2cccnc2Cl)n1. The molecule has 88 valence electrons. The molecule has 2 rings (SSSR count). The normalized spacial score (nSPS) is 10.2. The largest absolute Gasteiger partial charge is 0.506 e. The van der Waals surface area contributed by atoms with Gasteiger partial charge in [0.05, 0.1) is 12.2 Å². The molecule has 0 aromatic carbocycles. The lowest BCUT2D eigenvalue weighted by molar-refractivity contribution is 0.464. The van der Waals surface area contributed by atoms with Crippen molar-refractivity contribution in [3.63, 3.8) is 0 Å². The Hall–Kier alpha value is -1.81. The smallest absolute Gasteiger partial charge is 0.152 e. The predicted octanol–water partition coefficient (Wildman–Crippen LogP) is 2.76. The van der Waals surface area contributed by atoms with Gasteiger partial charge in [0.15, 0.2) is 5.15 Å². The van der Waals surface area contributed by atoms with Crippen molar-refractivity contribution in [1.29, 1.82) is 0 Å². The van der Waals surface area contributed by atoms with Gasteiger partial charge in [-0.1, -0.05) is 11.6 Å². The first-order valence-corrected chi connectivity index (χ1v) is 5.54. The van der Waals surface area contributed by atoms with Gasteiger partial charge in [0, 0.05) is 11.9 Å². The Balaban J connectivity index is 2.12. The second-order valence-electron chi connectivity index (χ2n) is 3.61. The summed E-state index contributed by atoms with van der Waals surface area (Å²) in [5.41, 5.74) is 2.17. The van der Waals surface area contributed by atoms with Crippen LogP contribution in [-0.2, 0) is 6.54 Å². The van der Waals surface area contributed by atoms with Gasteiger partial charge in [-0.3, -0.25) is 4.98 Å². The Kier molecular flexibility index (Phi) is 3.44. The average Bonchev–Trinajstić information content (AvgIpc) is 2.32. The molecule has 0 atom stereocenters. The summed E-state index contributed by atoms with van der Waals surface area (Å²) >= 11 is 5.91. The number of aromatic hydroxyl groups is 1. The van der Waals surface area contributed by atoms with Gasteiger partial charge in [-0.2, -0.15) is 0 Å². The number of aryl methyl sites for hydroxylation is 1. The van der Waals surface area contributed by atoms with Crippen LogP contribution in [0.5, 0.6) is 5.75 Å². The molecule has 0 saturated carbocycles. The Morgan fingerprint density at radius 3 is 2.94 bits per heavy atom. The van der Waals surface area contributed by atoms with Gasteiger partial charge >= 0.3 is 0 Å². The van der Waals surface area contributed by atoms with E-state index in [9.17, 15) is 5.11 Å². The first kappa shape index (κ1) is 11.7. The minimum atomic E-state index is 0.170. The molecule has 2 heterocycles. The number of pyridine rings is 2. The summed E-state index contributed by atoms with van der Waals surface area (Å²) in [5, 5.41) is 13.1. The molecule has 0 unspecified atom stereocenters. The van der Waals surface area contributed by atoms with Crippen molar-refractivity contribution in [1.82, 2.24) is 9.97 Å². The van der Waals surface area contributed by atoms with Crippen LogP contribution in [0.25, 0.3) is 0 Å². The van der Waals surface area contributed by atoms with Gasteiger partial charge in [-0.25, -0.2) is 4.98 Å². The second kappa shape index (κ2) is 5.01. The van der Waals surface area contributed by atoms with E-state index in [0.717, 1.165) is 11.4 Å². The fourth-order valence-electron chi connectivity index (χ4n) is 1.43. The van der Waals surface area contributed by atoms with Crippen LogP contribution < -0.4 is 5.32 Å². The van der Waals surface area contributed by atoms with Crippen molar-refractivity contribution in [2.75, 3.05) is 5.32 Å². The highest BCUT2D eigenvalue weighted by atomic mass is 35.5. The Morgan fingerprint density at radius 2 is 2.18 bits per heavy atom. The third-order valence-electron chi connectivity index (χ3n) is 2.29. The predicted molar refractivity (Wildman–Crippen MR) is 67.2 cm³/mol. The van der Waals surface area contributed by atoms with Gasteiger partial charge in [-0.05, 0) is 31.2 Å². The summed E-state index contributed by atoms with van der Waals surface area (Å²) < 4.78 is 0. The first-order chi connectivity index (χ1) is 8.16. The molecule has 0 amide bonds. The first-order valence-electron chi connectivity index (χ1n) is 5.16. The molecular weight excluding hydrogens is 238 g/mol. The van der Waals surface area contributed by atoms with Crippen LogP contribution >= 0.6 is 11.6 Å². The summed E-state index contributed by atoms with van der Waals surface area (Å²) in [6.45, 7) is 2.28. The molecule has 0 bridgehead atoms. The Morgan fingerprint density at radius 1 is 1.35 bits per heavy atom. The van der Waals surface area contributed by atoms with Crippen molar-refractivity contribution in [2.45, 2.75) is 13.5 Å². The van der Waals surface area contributed by atoms with E-state index in [-0.39, 0.29) is 5.75 Å². The van der Waals surface area contributed by atoms with E-state index in [1.54, 1.807) is 24.4 Å². The van der Waals surface area contributed by atoms with Crippen molar-refractivity contribution >= 4 is 17.3 Å².